The predicted molar refractivity (Wildman–Crippen MR) is 37.5 cm³/mol. The molecule has 0 aliphatic heterocycles. The summed E-state index contributed by atoms with van der Waals surface area (Å²) in [7, 11) is 0. The third-order valence-electron chi connectivity index (χ3n) is 1.19. The molecular formula is C7H7N2O. The van der Waals surface area contributed by atoms with Gasteiger partial charge in [-0.1, -0.05) is 0 Å². The average molecular weight is 135 g/mol. The van der Waals surface area contributed by atoms with Gasteiger partial charge in [0, 0.05) is 0 Å². The molecule has 0 saturated carbocycles. The number of hydrogen-bond donors (Lipinski definition) is 1. The highest BCUT2D eigenvalue weighted by molar-refractivity contribution is 5.72. The Bertz CT molecular complexity index is 235. The van der Waals surface area contributed by atoms with Crippen LogP contribution in [0.4, 0.5) is 5.69 Å². The van der Waals surface area contributed by atoms with Crippen LogP contribution >= 0.6 is 0 Å². The minimum Gasteiger partial charge on any atom is -0.327 e. The van der Waals surface area contributed by atoms with Gasteiger partial charge in [-0.05, 0) is 18.6 Å². The summed E-state index contributed by atoms with van der Waals surface area (Å²) >= 11 is 0. The monoisotopic (exact) mass is 135 g/mol. The van der Waals surface area contributed by atoms with Crippen molar-refractivity contribution in [1.82, 2.24) is 4.98 Å². The van der Waals surface area contributed by atoms with Crippen molar-refractivity contribution in [1.29, 1.82) is 0 Å². The van der Waals surface area contributed by atoms with Crippen molar-refractivity contribution in [2.24, 2.45) is 0 Å². The summed E-state index contributed by atoms with van der Waals surface area (Å²) in [6.45, 7) is 1.88. The van der Waals surface area contributed by atoms with Crippen molar-refractivity contribution in [3.63, 3.8) is 0 Å². The maximum Gasteiger partial charge on any atom is 0.211 e. The molecule has 1 radical (unpaired) electrons. The average Bonchev–Trinajstić information content (AvgIpc) is 1.94. The molecule has 1 rings (SSSR count). The summed E-state index contributed by atoms with van der Waals surface area (Å²) < 4.78 is 0. The zero-order chi connectivity index (χ0) is 7.40. The fraction of sp³-hybridized carbons (Fsp3) is 0.143. The number of aromatic nitrogens is 1. The largest absolute Gasteiger partial charge is 0.327 e. The number of carbonyl (C=O) groups excluding carboxylic acids is 1. The smallest absolute Gasteiger partial charge is 0.211 e. The van der Waals surface area contributed by atoms with Gasteiger partial charge < -0.3 is 5.32 Å². The Balaban J connectivity index is 2.91. The Morgan fingerprint density at radius 2 is 2.60 bits per heavy atom. The molecule has 10 heavy (non-hydrogen) atoms. The molecule has 3 heteroatoms. The van der Waals surface area contributed by atoms with Crippen LogP contribution in [0.25, 0.3) is 0 Å². The van der Waals surface area contributed by atoms with E-state index < -0.39 is 0 Å². The number of rotatable bonds is 2. The van der Waals surface area contributed by atoms with Gasteiger partial charge in [-0.2, -0.15) is 0 Å². The summed E-state index contributed by atoms with van der Waals surface area (Å²) in [5, 5.41) is 2.51. The molecule has 1 N–H and O–H groups in total. The molecule has 0 unspecified atom stereocenters. The van der Waals surface area contributed by atoms with E-state index in [1.807, 2.05) is 6.92 Å². The summed E-state index contributed by atoms with van der Waals surface area (Å²) in [6.07, 6.45) is 4.84. The van der Waals surface area contributed by atoms with E-state index in [1.54, 1.807) is 12.3 Å². The van der Waals surface area contributed by atoms with Crippen LogP contribution in [0.5, 0.6) is 0 Å². The lowest BCUT2D eigenvalue weighted by Gasteiger charge is -1.99. The highest BCUT2D eigenvalue weighted by Gasteiger charge is 1.92. The number of hydrogen-bond acceptors (Lipinski definition) is 2. The predicted octanol–water partition coefficient (Wildman–Crippen LogP) is 0.759. The second kappa shape index (κ2) is 2.96. The van der Waals surface area contributed by atoms with Crippen molar-refractivity contribution < 1.29 is 4.79 Å². The lowest BCUT2D eigenvalue weighted by atomic mass is 10.2. The molecule has 0 saturated heterocycles. The molecule has 0 aromatic carbocycles. The zero-order valence-electron chi connectivity index (χ0n) is 5.59. The molecule has 0 spiro atoms. The Morgan fingerprint density at radius 3 is 3.20 bits per heavy atom. The van der Waals surface area contributed by atoms with Crippen molar-refractivity contribution in [3.8, 4) is 0 Å². The van der Waals surface area contributed by atoms with Crippen LogP contribution < -0.4 is 5.32 Å². The van der Waals surface area contributed by atoms with E-state index >= 15 is 0 Å². The molecule has 1 aromatic heterocycles. The zero-order valence-corrected chi connectivity index (χ0v) is 5.59. The van der Waals surface area contributed by atoms with Crippen molar-refractivity contribution >= 4 is 12.1 Å². The van der Waals surface area contributed by atoms with Crippen LogP contribution in [0.2, 0.25) is 0 Å². The normalized spacial score (nSPS) is 8.90. The second-order valence-electron chi connectivity index (χ2n) is 1.89. The first-order chi connectivity index (χ1) is 4.84. The Hall–Kier alpha value is -1.38. The third kappa shape index (κ3) is 1.31. The Morgan fingerprint density at radius 1 is 1.80 bits per heavy atom. The van der Waals surface area contributed by atoms with Gasteiger partial charge in [-0.3, -0.25) is 9.78 Å². The minimum absolute atomic E-state index is 0.629. The van der Waals surface area contributed by atoms with Crippen LogP contribution in [-0.4, -0.2) is 11.4 Å². The van der Waals surface area contributed by atoms with E-state index in [1.165, 1.54) is 0 Å². The standard InChI is InChI=1S/C7H7N2O/c1-6-2-3-8-4-7(6)9-5-10/h2,4-5H,1H3,(H,9,10). The van der Waals surface area contributed by atoms with Gasteiger partial charge in [0.25, 0.3) is 0 Å². The number of pyridine rings is 1. The molecule has 1 heterocycles. The van der Waals surface area contributed by atoms with Gasteiger partial charge in [0.1, 0.15) is 0 Å². The van der Waals surface area contributed by atoms with E-state index in [4.69, 9.17) is 0 Å². The van der Waals surface area contributed by atoms with Gasteiger partial charge in [-0.15, -0.1) is 0 Å². The van der Waals surface area contributed by atoms with E-state index in [0.29, 0.717) is 6.41 Å². The topological polar surface area (TPSA) is 42.0 Å². The molecule has 51 valence electrons. The van der Waals surface area contributed by atoms with Crippen LogP contribution in [-0.2, 0) is 4.79 Å². The maximum absolute atomic E-state index is 9.98. The quantitative estimate of drug-likeness (QED) is 0.608. The fourth-order valence-electron chi connectivity index (χ4n) is 0.630. The Labute approximate surface area is 59.1 Å². The van der Waals surface area contributed by atoms with Gasteiger partial charge in [-0.25, -0.2) is 0 Å². The second-order valence-corrected chi connectivity index (χ2v) is 1.89. The maximum atomic E-state index is 9.98. The molecule has 1 amide bonds. The molecule has 0 fully saturated rings. The molecule has 0 aliphatic rings. The molecule has 3 nitrogen and oxygen atoms in total. The Kier molecular flexibility index (Phi) is 1.99. The number of carbonyl (C=O) groups is 1. The molecular weight excluding hydrogens is 128 g/mol. The third-order valence-corrected chi connectivity index (χ3v) is 1.19. The first kappa shape index (κ1) is 6.74. The van der Waals surface area contributed by atoms with Gasteiger partial charge in [0.15, 0.2) is 0 Å². The van der Waals surface area contributed by atoms with E-state index in [9.17, 15) is 4.79 Å². The van der Waals surface area contributed by atoms with E-state index in [0.717, 1.165) is 11.3 Å². The number of nitrogens with zero attached hydrogens (tertiary/aromatic N) is 1. The van der Waals surface area contributed by atoms with E-state index in [2.05, 4.69) is 16.5 Å². The summed E-state index contributed by atoms with van der Waals surface area (Å²) in [5.74, 6) is 0. The summed E-state index contributed by atoms with van der Waals surface area (Å²) in [4.78, 5) is 13.7. The van der Waals surface area contributed by atoms with Gasteiger partial charge >= 0.3 is 0 Å². The fourth-order valence-corrected chi connectivity index (χ4v) is 0.630. The number of aryl methyl sites for hydroxylation is 1. The minimum atomic E-state index is 0.629. The number of amides is 1. The molecule has 0 atom stereocenters. The van der Waals surface area contributed by atoms with Crippen LogP contribution in [0.15, 0.2) is 12.3 Å². The van der Waals surface area contributed by atoms with Crippen molar-refractivity contribution in [2.75, 3.05) is 5.32 Å². The van der Waals surface area contributed by atoms with Crippen molar-refractivity contribution in [3.05, 3.63) is 24.0 Å². The van der Waals surface area contributed by atoms with Gasteiger partial charge in [0.05, 0.1) is 18.1 Å². The van der Waals surface area contributed by atoms with Crippen LogP contribution in [0.3, 0.4) is 0 Å². The first-order valence-corrected chi connectivity index (χ1v) is 2.87. The lowest BCUT2D eigenvalue weighted by molar-refractivity contribution is -0.105. The summed E-state index contributed by atoms with van der Waals surface area (Å²) in [6, 6.07) is 1.71. The number of nitrogens with one attached hydrogen (secondary N) is 1. The number of anilines is 1. The van der Waals surface area contributed by atoms with Crippen LogP contribution in [0.1, 0.15) is 5.56 Å². The van der Waals surface area contributed by atoms with Crippen molar-refractivity contribution in [2.45, 2.75) is 6.92 Å². The highest BCUT2D eigenvalue weighted by atomic mass is 16.1. The first-order valence-electron chi connectivity index (χ1n) is 2.87. The molecule has 0 bridgehead atoms. The van der Waals surface area contributed by atoms with Gasteiger partial charge in [0.2, 0.25) is 6.41 Å². The SMILES string of the molecule is Cc1c[c]ncc1NC=O. The molecule has 0 aliphatic carbocycles. The lowest BCUT2D eigenvalue weighted by Crippen LogP contribution is -1.96. The molecule has 1 aromatic rings. The summed E-state index contributed by atoms with van der Waals surface area (Å²) in [5.41, 5.74) is 1.69. The highest BCUT2D eigenvalue weighted by Crippen LogP contribution is 2.08. The van der Waals surface area contributed by atoms with Crippen LogP contribution in [0, 0.1) is 13.1 Å². The van der Waals surface area contributed by atoms with E-state index in [-0.39, 0.29) is 0 Å².